The number of rotatable bonds is 5. The van der Waals surface area contributed by atoms with Crippen molar-refractivity contribution in [2.24, 2.45) is 11.8 Å². The molecule has 0 radical (unpaired) electrons. The highest BCUT2D eigenvalue weighted by molar-refractivity contribution is 5.93. The summed E-state index contributed by atoms with van der Waals surface area (Å²) in [6.07, 6.45) is 9.25. The summed E-state index contributed by atoms with van der Waals surface area (Å²) in [6.45, 7) is 9.32. The summed E-state index contributed by atoms with van der Waals surface area (Å²) in [5.74, 6) is 1.66. The predicted molar refractivity (Wildman–Crippen MR) is 124 cm³/mol. The maximum atomic E-state index is 12.9. The van der Waals surface area contributed by atoms with Crippen LogP contribution in [0.2, 0.25) is 0 Å². The number of hydrogen-bond donors (Lipinski definition) is 2. The molecule has 3 aliphatic rings. The predicted octanol–water partition coefficient (Wildman–Crippen LogP) is 1.88. The molecular formula is C24H35N5O4. The molecule has 4 rings (SSSR count). The van der Waals surface area contributed by atoms with Crippen LogP contribution < -0.4 is 5.32 Å². The highest BCUT2D eigenvalue weighted by Gasteiger charge is 2.49. The number of nitrogens with one attached hydrogen (secondary N) is 1. The summed E-state index contributed by atoms with van der Waals surface area (Å²) < 4.78 is 0. The van der Waals surface area contributed by atoms with Crippen LogP contribution in [-0.4, -0.2) is 81.4 Å². The van der Waals surface area contributed by atoms with Crippen LogP contribution >= 0.6 is 0 Å². The van der Waals surface area contributed by atoms with Gasteiger partial charge in [0.25, 0.3) is 12.4 Å². The molecule has 2 amide bonds. The lowest BCUT2D eigenvalue weighted by Crippen LogP contribution is -2.67. The molecule has 2 N–H and O–H groups in total. The summed E-state index contributed by atoms with van der Waals surface area (Å²) in [6, 6.07) is 0.366. The van der Waals surface area contributed by atoms with Crippen LogP contribution in [0.3, 0.4) is 0 Å². The van der Waals surface area contributed by atoms with E-state index < -0.39 is 0 Å². The molecule has 3 saturated heterocycles. The standard InChI is InChI=1S/C23H33N5O2.CH2O2/c1-15(2)7-8-27-13-17-9-18(14-27)21(28-20(17)5-4-6-22(28)29)12-26-23(30)19-10-24-16(3)25-11-19;2-1-3/h7,10-11,17-18,20-21H,4-6,8-9,12-14H2,1-3H3,(H,26,30);1H,(H,2,3)/t17-,18+,20+,21+;/m1./s1. The van der Waals surface area contributed by atoms with E-state index in [2.05, 4.69) is 45.0 Å². The molecule has 3 aliphatic heterocycles. The van der Waals surface area contributed by atoms with Gasteiger partial charge < -0.3 is 15.3 Å². The van der Waals surface area contributed by atoms with Gasteiger partial charge in [0.1, 0.15) is 5.82 Å². The van der Waals surface area contributed by atoms with Gasteiger partial charge in [-0.25, -0.2) is 9.97 Å². The van der Waals surface area contributed by atoms with Crippen molar-refractivity contribution < 1.29 is 19.5 Å². The van der Waals surface area contributed by atoms with E-state index in [4.69, 9.17) is 9.90 Å². The maximum absolute atomic E-state index is 12.9. The number of nitrogens with zero attached hydrogens (tertiary/aromatic N) is 4. The smallest absolute Gasteiger partial charge is 0.290 e. The van der Waals surface area contributed by atoms with Crippen molar-refractivity contribution in [3.63, 3.8) is 0 Å². The monoisotopic (exact) mass is 457 g/mol. The average Bonchev–Trinajstić information content (AvgIpc) is 2.79. The quantitative estimate of drug-likeness (QED) is 0.512. The Bertz CT molecular complexity index is 868. The number of carboxylic acid groups (broad SMARTS) is 1. The number of allylic oxidation sites excluding steroid dienone is 1. The van der Waals surface area contributed by atoms with Gasteiger partial charge in [0, 0.05) is 51.0 Å². The normalized spacial score (nSPS) is 26.4. The molecule has 180 valence electrons. The van der Waals surface area contributed by atoms with E-state index in [0.717, 1.165) is 38.9 Å². The van der Waals surface area contributed by atoms with E-state index >= 15 is 0 Å². The van der Waals surface area contributed by atoms with E-state index in [0.29, 0.717) is 42.2 Å². The number of fused-ring (bicyclic) bond motifs is 4. The average molecular weight is 458 g/mol. The first-order valence-corrected chi connectivity index (χ1v) is 11.7. The summed E-state index contributed by atoms with van der Waals surface area (Å²) >= 11 is 0. The lowest BCUT2D eigenvalue weighted by Gasteiger charge is -2.56. The first-order chi connectivity index (χ1) is 15.8. The van der Waals surface area contributed by atoms with Crippen molar-refractivity contribution in [3.8, 4) is 0 Å². The summed E-state index contributed by atoms with van der Waals surface area (Å²) in [5, 5.41) is 9.96. The molecule has 0 aliphatic carbocycles. The first kappa shape index (κ1) is 24.8. The molecule has 9 nitrogen and oxygen atoms in total. The van der Waals surface area contributed by atoms with Crippen LogP contribution in [-0.2, 0) is 9.59 Å². The van der Waals surface area contributed by atoms with Gasteiger partial charge in [-0.2, -0.15) is 0 Å². The Kier molecular flexibility index (Phi) is 8.55. The van der Waals surface area contributed by atoms with Gasteiger partial charge in [-0.3, -0.25) is 19.3 Å². The Hall–Kier alpha value is -2.81. The third-order valence-electron chi connectivity index (χ3n) is 6.84. The van der Waals surface area contributed by atoms with Gasteiger partial charge in [-0.05, 0) is 51.9 Å². The second kappa shape index (κ2) is 11.4. The zero-order valence-corrected chi connectivity index (χ0v) is 19.7. The van der Waals surface area contributed by atoms with Crippen molar-refractivity contribution in [2.75, 3.05) is 26.2 Å². The lowest BCUT2D eigenvalue weighted by molar-refractivity contribution is -0.152. The molecule has 1 aromatic rings. The van der Waals surface area contributed by atoms with Gasteiger partial charge in [-0.1, -0.05) is 11.6 Å². The van der Waals surface area contributed by atoms with E-state index in [1.807, 2.05) is 0 Å². The van der Waals surface area contributed by atoms with Gasteiger partial charge in [-0.15, -0.1) is 0 Å². The second-order valence-electron chi connectivity index (χ2n) is 9.42. The molecule has 2 bridgehead atoms. The van der Waals surface area contributed by atoms with Crippen LogP contribution in [0.15, 0.2) is 24.0 Å². The number of aryl methyl sites for hydroxylation is 1. The minimum absolute atomic E-state index is 0.0591. The molecule has 0 saturated carbocycles. The fourth-order valence-electron chi connectivity index (χ4n) is 5.40. The molecule has 4 heterocycles. The topological polar surface area (TPSA) is 116 Å². The second-order valence-corrected chi connectivity index (χ2v) is 9.42. The van der Waals surface area contributed by atoms with Gasteiger partial charge in [0.05, 0.1) is 11.6 Å². The van der Waals surface area contributed by atoms with Crippen LogP contribution in [0.25, 0.3) is 0 Å². The minimum atomic E-state index is -0.250. The maximum Gasteiger partial charge on any atom is 0.290 e. The number of likely N-dealkylation sites (tertiary alicyclic amines) is 1. The summed E-state index contributed by atoms with van der Waals surface area (Å²) in [5.41, 5.74) is 1.80. The van der Waals surface area contributed by atoms with Crippen molar-refractivity contribution >= 4 is 18.3 Å². The summed E-state index contributed by atoms with van der Waals surface area (Å²) in [7, 11) is 0. The molecular weight excluding hydrogens is 422 g/mol. The Morgan fingerprint density at radius 3 is 2.58 bits per heavy atom. The van der Waals surface area contributed by atoms with E-state index in [-0.39, 0.29) is 24.3 Å². The molecule has 0 aromatic carbocycles. The highest BCUT2D eigenvalue weighted by atomic mass is 16.3. The lowest BCUT2D eigenvalue weighted by atomic mass is 9.72. The van der Waals surface area contributed by atoms with Gasteiger partial charge >= 0.3 is 0 Å². The number of piperidine rings is 3. The number of aromatic nitrogens is 2. The van der Waals surface area contributed by atoms with Gasteiger partial charge in [0.2, 0.25) is 5.91 Å². The molecule has 3 fully saturated rings. The van der Waals surface area contributed by atoms with Gasteiger partial charge in [0.15, 0.2) is 0 Å². The Balaban J connectivity index is 0.000000968. The third-order valence-corrected chi connectivity index (χ3v) is 6.84. The van der Waals surface area contributed by atoms with E-state index in [9.17, 15) is 9.59 Å². The molecule has 1 aromatic heterocycles. The first-order valence-electron chi connectivity index (χ1n) is 11.7. The van der Waals surface area contributed by atoms with Crippen molar-refractivity contribution in [1.82, 2.24) is 25.1 Å². The highest BCUT2D eigenvalue weighted by Crippen LogP contribution is 2.41. The molecule has 4 atom stereocenters. The van der Waals surface area contributed by atoms with Crippen LogP contribution in [0.1, 0.15) is 55.7 Å². The molecule has 0 spiro atoms. The Morgan fingerprint density at radius 1 is 1.24 bits per heavy atom. The minimum Gasteiger partial charge on any atom is -0.483 e. The molecule has 9 heteroatoms. The van der Waals surface area contributed by atoms with Crippen molar-refractivity contribution in [3.05, 3.63) is 35.4 Å². The van der Waals surface area contributed by atoms with Crippen LogP contribution in [0, 0.1) is 18.8 Å². The van der Waals surface area contributed by atoms with Crippen LogP contribution in [0.5, 0.6) is 0 Å². The van der Waals surface area contributed by atoms with Crippen molar-refractivity contribution in [1.29, 1.82) is 0 Å². The van der Waals surface area contributed by atoms with E-state index in [1.165, 1.54) is 5.57 Å². The summed E-state index contributed by atoms with van der Waals surface area (Å²) in [4.78, 5) is 46.8. The van der Waals surface area contributed by atoms with Crippen molar-refractivity contribution in [2.45, 2.75) is 58.5 Å². The number of amides is 2. The number of hydrogen-bond acceptors (Lipinski definition) is 6. The van der Waals surface area contributed by atoms with E-state index in [1.54, 1.807) is 19.3 Å². The fourth-order valence-corrected chi connectivity index (χ4v) is 5.40. The SMILES string of the molecule is CC(C)=CCN1C[C@H]2C[C@@H](C1)[C@H](CNC(=O)c1cnc(C)nc1)N1C(=O)CCC[C@@H]21.O=CO. The zero-order valence-electron chi connectivity index (χ0n) is 19.7. The van der Waals surface area contributed by atoms with Crippen LogP contribution in [0.4, 0.5) is 0 Å². The fraction of sp³-hybridized carbons (Fsp3) is 0.625. The Morgan fingerprint density at radius 2 is 1.91 bits per heavy atom. The Labute approximate surface area is 195 Å². The third kappa shape index (κ3) is 6.16. The zero-order chi connectivity index (χ0) is 24.0. The molecule has 33 heavy (non-hydrogen) atoms. The largest absolute Gasteiger partial charge is 0.483 e. The molecule has 0 unspecified atom stereocenters. The number of carbonyl (C=O) groups is 3. The number of carbonyl (C=O) groups excluding carboxylic acids is 2.